The van der Waals surface area contributed by atoms with Gasteiger partial charge in [0.05, 0.1) is 26.1 Å². The van der Waals surface area contributed by atoms with Gasteiger partial charge in [0.1, 0.15) is 0 Å². The van der Waals surface area contributed by atoms with Crippen LogP contribution >= 0.6 is 0 Å². The number of hydrogen-bond acceptors (Lipinski definition) is 5. The van der Waals surface area contributed by atoms with Crippen LogP contribution < -0.4 is 0 Å². The molecule has 1 atom stereocenters. The molecule has 0 aliphatic carbocycles. The Bertz CT molecular complexity index is 267. The Morgan fingerprint density at radius 1 is 1.41 bits per heavy atom. The van der Waals surface area contributed by atoms with Crippen LogP contribution in [-0.2, 0) is 19.1 Å². The van der Waals surface area contributed by atoms with Gasteiger partial charge in [-0.3, -0.25) is 9.59 Å². The second kappa shape index (κ2) is 7.27. The summed E-state index contributed by atoms with van der Waals surface area (Å²) in [5.74, 6) is -0.361. The van der Waals surface area contributed by atoms with E-state index in [1.807, 2.05) is 6.92 Å². The minimum absolute atomic E-state index is 0.0404. The molecule has 0 spiro atoms. The van der Waals surface area contributed by atoms with E-state index in [4.69, 9.17) is 4.74 Å². The van der Waals surface area contributed by atoms with E-state index in [1.54, 1.807) is 0 Å². The van der Waals surface area contributed by atoms with Gasteiger partial charge >= 0.3 is 11.9 Å². The van der Waals surface area contributed by atoms with Gasteiger partial charge in [-0.2, -0.15) is 0 Å². The number of carbonyl (C=O) groups is 2. The second-order valence-corrected chi connectivity index (χ2v) is 4.22. The van der Waals surface area contributed by atoms with Crippen molar-refractivity contribution in [3.63, 3.8) is 0 Å². The van der Waals surface area contributed by atoms with E-state index in [9.17, 15) is 9.59 Å². The standard InChI is InChI=1S/C12H21NO4/c1-3-17-12(15)10-5-4-7-13(9-10)8-6-11(14)16-2/h10H,3-9H2,1-2H3/t10-/m0/s1. The number of methoxy groups -OCH3 is 1. The van der Waals surface area contributed by atoms with Crippen LogP contribution in [0.15, 0.2) is 0 Å². The van der Waals surface area contributed by atoms with Gasteiger partial charge in [0.15, 0.2) is 0 Å². The number of rotatable bonds is 5. The minimum Gasteiger partial charge on any atom is -0.469 e. The minimum atomic E-state index is -0.205. The Balaban J connectivity index is 2.33. The highest BCUT2D eigenvalue weighted by atomic mass is 16.5. The fourth-order valence-electron chi connectivity index (χ4n) is 2.06. The van der Waals surface area contributed by atoms with Crippen LogP contribution in [0.25, 0.3) is 0 Å². The molecule has 1 saturated heterocycles. The van der Waals surface area contributed by atoms with Crippen molar-refractivity contribution >= 4 is 11.9 Å². The molecule has 0 bridgehead atoms. The topological polar surface area (TPSA) is 55.8 Å². The van der Waals surface area contributed by atoms with Crippen molar-refractivity contribution in [3.8, 4) is 0 Å². The fourth-order valence-corrected chi connectivity index (χ4v) is 2.06. The lowest BCUT2D eigenvalue weighted by molar-refractivity contribution is -0.149. The zero-order chi connectivity index (χ0) is 12.7. The maximum atomic E-state index is 11.6. The molecule has 0 radical (unpaired) electrons. The molecule has 5 heteroatoms. The van der Waals surface area contributed by atoms with Crippen molar-refractivity contribution < 1.29 is 19.1 Å². The zero-order valence-corrected chi connectivity index (χ0v) is 10.6. The molecule has 0 aromatic heterocycles. The normalized spacial score (nSPS) is 20.9. The number of nitrogens with zero attached hydrogens (tertiary/aromatic N) is 1. The SMILES string of the molecule is CCOC(=O)[C@H]1CCCN(CCC(=O)OC)C1. The molecule has 1 aliphatic heterocycles. The molecule has 0 N–H and O–H groups in total. The van der Waals surface area contributed by atoms with Crippen LogP contribution in [0.1, 0.15) is 26.2 Å². The average molecular weight is 243 g/mol. The summed E-state index contributed by atoms with van der Waals surface area (Å²) in [6, 6.07) is 0. The zero-order valence-electron chi connectivity index (χ0n) is 10.6. The van der Waals surface area contributed by atoms with Crippen LogP contribution in [0, 0.1) is 5.92 Å². The first-order valence-electron chi connectivity index (χ1n) is 6.13. The van der Waals surface area contributed by atoms with Crippen molar-refractivity contribution in [1.29, 1.82) is 0 Å². The van der Waals surface area contributed by atoms with Crippen molar-refractivity contribution in [2.45, 2.75) is 26.2 Å². The van der Waals surface area contributed by atoms with Crippen LogP contribution in [0.4, 0.5) is 0 Å². The third kappa shape index (κ3) is 4.73. The Hall–Kier alpha value is -1.10. The highest BCUT2D eigenvalue weighted by Crippen LogP contribution is 2.18. The molecule has 1 aliphatic rings. The summed E-state index contributed by atoms with van der Waals surface area (Å²) in [5.41, 5.74) is 0. The monoisotopic (exact) mass is 243 g/mol. The lowest BCUT2D eigenvalue weighted by Gasteiger charge is -2.31. The third-order valence-corrected chi connectivity index (χ3v) is 2.99. The van der Waals surface area contributed by atoms with E-state index in [2.05, 4.69) is 9.64 Å². The Morgan fingerprint density at radius 3 is 2.82 bits per heavy atom. The first-order chi connectivity index (χ1) is 8.17. The molecule has 0 amide bonds. The molecule has 1 fully saturated rings. The van der Waals surface area contributed by atoms with E-state index in [1.165, 1.54) is 7.11 Å². The predicted octanol–water partition coefficient (Wildman–Crippen LogP) is 0.825. The van der Waals surface area contributed by atoms with Gasteiger partial charge in [0.25, 0.3) is 0 Å². The molecule has 0 aromatic carbocycles. The van der Waals surface area contributed by atoms with Crippen LogP contribution in [0.3, 0.4) is 0 Å². The Morgan fingerprint density at radius 2 is 2.18 bits per heavy atom. The maximum absolute atomic E-state index is 11.6. The van der Waals surface area contributed by atoms with Gasteiger partial charge in [0.2, 0.25) is 0 Å². The van der Waals surface area contributed by atoms with E-state index >= 15 is 0 Å². The molecule has 1 heterocycles. The lowest BCUT2D eigenvalue weighted by Crippen LogP contribution is -2.40. The first kappa shape index (κ1) is 14.0. The summed E-state index contributed by atoms with van der Waals surface area (Å²) in [6.07, 6.45) is 2.24. The van der Waals surface area contributed by atoms with Crippen molar-refractivity contribution in [2.24, 2.45) is 5.92 Å². The van der Waals surface area contributed by atoms with E-state index in [-0.39, 0.29) is 17.9 Å². The highest BCUT2D eigenvalue weighted by molar-refractivity contribution is 5.72. The molecule has 17 heavy (non-hydrogen) atoms. The molecule has 1 rings (SSSR count). The van der Waals surface area contributed by atoms with E-state index < -0.39 is 0 Å². The summed E-state index contributed by atoms with van der Waals surface area (Å²) < 4.78 is 9.62. The smallest absolute Gasteiger partial charge is 0.310 e. The first-order valence-corrected chi connectivity index (χ1v) is 6.13. The molecular weight excluding hydrogens is 222 g/mol. The van der Waals surface area contributed by atoms with Crippen molar-refractivity contribution in [1.82, 2.24) is 4.90 Å². The van der Waals surface area contributed by atoms with Gasteiger partial charge in [-0.05, 0) is 26.3 Å². The summed E-state index contributed by atoms with van der Waals surface area (Å²) in [7, 11) is 1.39. The van der Waals surface area contributed by atoms with E-state index in [0.717, 1.165) is 19.4 Å². The number of ether oxygens (including phenoxy) is 2. The summed E-state index contributed by atoms with van der Waals surface area (Å²) in [4.78, 5) is 24.8. The highest BCUT2D eigenvalue weighted by Gasteiger charge is 2.26. The van der Waals surface area contributed by atoms with Gasteiger partial charge in [-0.25, -0.2) is 0 Å². The third-order valence-electron chi connectivity index (χ3n) is 2.99. The van der Waals surface area contributed by atoms with Crippen LogP contribution in [-0.4, -0.2) is 50.2 Å². The maximum Gasteiger partial charge on any atom is 0.310 e. The molecule has 5 nitrogen and oxygen atoms in total. The molecule has 0 saturated carbocycles. The van der Waals surface area contributed by atoms with Crippen molar-refractivity contribution in [3.05, 3.63) is 0 Å². The van der Waals surface area contributed by atoms with Crippen LogP contribution in [0.5, 0.6) is 0 Å². The van der Waals surface area contributed by atoms with Crippen LogP contribution in [0.2, 0.25) is 0 Å². The summed E-state index contributed by atoms with van der Waals surface area (Å²) >= 11 is 0. The Labute approximate surface area is 102 Å². The number of esters is 2. The van der Waals surface area contributed by atoms with Gasteiger partial charge < -0.3 is 14.4 Å². The molecule has 0 unspecified atom stereocenters. The number of piperidine rings is 1. The fraction of sp³-hybridized carbons (Fsp3) is 0.833. The second-order valence-electron chi connectivity index (χ2n) is 4.22. The molecule has 98 valence electrons. The quantitative estimate of drug-likeness (QED) is 0.669. The molecular formula is C12H21NO4. The predicted molar refractivity (Wildman–Crippen MR) is 62.4 cm³/mol. The molecule has 0 aromatic rings. The number of hydrogen-bond donors (Lipinski definition) is 0. The summed E-state index contributed by atoms with van der Waals surface area (Å²) in [5, 5.41) is 0. The Kier molecular flexibility index (Phi) is 5.97. The van der Waals surface area contributed by atoms with Gasteiger partial charge in [-0.15, -0.1) is 0 Å². The summed E-state index contributed by atoms with van der Waals surface area (Å²) in [6.45, 7) is 4.53. The van der Waals surface area contributed by atoms with Crippen molar-refractivity contribution in [2.75, 3.05) is 33.4 Å². The van der Waals surface area contributed by atoms with Gasteiger partial charge in [0, 0.05) is 13.1 Å². The number of carbonyl (C=O) groups excluding carboxylic acids is 2. The lowest BCUT2D eigenvalue weighted by atomic mass is 9.98. The van der Waals surface area contributed by atoms with Gasteiger partial charge in [-0.1, -0.05) is 0 Å². The largest absolute Gasteiger partial charge is 0.469 e. The van der Waals surface area contributed by atoms with E-state index in [0.29, 0.717) is 26.1 Å². The average Bonchev–Trinajstić information content (AvgIpc) is 2.36. The number of likely N-dealkylation sites (tertiary alicyclic amines) is 1.